The van der Waals surface area contributed by atoms with E-state index >= 15 is 0 Å². The number of pyridine rings is 1. The monoisotopic (exact) mass is 264 g/mol. The Morgan fingerprint density at radius 2 is 2.10 bits per heavy atom. The molecular weight excluding hydrogens is 248 g/mol. The summed E-state index contributed by atoms with van der Waals surface area (Å²) in [5, 5.41) is 0. The normalized spacial score (nSPS) is 15.9. The van der Waals surface area contributed by atoms with Gasteiger partial charge >= 0.3 is 0 Å². The maximum Gasteiger partial charge on any atom is 0.298 e. The van der Waals surface area contributed by atoms with E-state index in [1.54, 1.807) is 6.20 Å². The van der Waals surface area contributed by atoms with Gasteiger partial charge in [-0.15, -0.1) is 0 Å². The minimum absolute atomic E-state index is 0.669. The van der Waals surface area contributed by atoms with Crippen molar-refractivity contribution >= 4 is 16.7 Å². The Hall–Kier alpha value is -2.62. The van der Waals surface area contributed by atoms with Gasteiger partial charge in [0.25, 0.3) is 5.82 Å². The second-order valence-electron chi connectivity index (χ2n) is 5.10. The number of fused-ring (bicyclic) bond motifs is 7. The minimum atomic E-state index is -2.23. The quantitative estimate of drug-likeness (QED) is 0.394. The van der Waals surface area contributed by atoms with Crippen LogP contribution in [0.3, 0.4) is 0 Å². The van der Waals surface area contributed by atoms with Gasteiger partial charge in [0, 0.05) is 17.3 Å². The van der Waals surface area contributed by atoms with Crippen molar-refractivity contribution in [3.8, 4) is 11.4 Å². The molecule has 4 heteroatoms. The molecule has 4 heterocycles. The summed E-state index contributed by atoms with van der Waals surface area (Å²) < 4.78 is 29.3. The summed E-state index contributed by atoms with van der Waals surface area (Å²) >= 11 is 0. The third kappa shape index (κ3) is 1.04. The van der Waals surface area contributed by atoms with Crippen LogP contribution in [-0.4, -0.2) is 14.0 Å². The zero-order valence-electron chi connectivity index (χ0n) is 13.6. The first-order valence-electron chi connectivity index (χ1n) is 8.05. The number of hydrogen-bond donors (Lipinski definition) is 0. The van der Waals surface area contributed by atoms with E-state index < -0.39 is 6.98 Å². The number of benzene rings is 1. The highest BCUT2D eigenvalue weighted by Gasteiger charge is 2.33. The van der Waals surface area contributed by atoms with E-state index in [2.05, 4.69) is 9.55 Å². The maximum atomic E-state index is 7.91. The number of rotatable bonds is 0. The number of hydrogen-bond acceptors (Lipinski definition) is 1. The fourth-order valence-electron chi connectivity index (χ4n) is 3.18. The van der Waals surface area contributed by atoms with Crippen molar-refractivity contribution in [2.45, 2.75) is 6.54 Å². The van der Waals surface area contributed by atoms with E-state index in [1.807, 2.05) is 47.0 Å². The molecule has 0 bridgehead atoms. The number of aromatic nitrogens is 4. The topological polar surface area (TPSA) is 26.1 Å². The third-order valence-corrected chi connectivity index (χ3v) is 4.03. The second-order valence-corrected chi connectivity index (χ2v) is 5.10. The van der Waals surface area contributed by atoms with Crippen LogP contribution in [0.1, 0.15) is 9.81 Å². The van der Waals surface area contributed by atoms with Gasteiger partial charge in [0.1, 0.15) is 6.54 Å². The molecule has 0 saturated heterocycles. The van der Waals surface area contributed by atoms with Crippen molar-refractivity contribution in [3.63, 3.8) is 0 Å². The Bertz CT molecular complexity index is 1090. The van der Waals surface area contributed by atoms with Crippen molar-refractivity contribution in [1.82, 2.24) is 14.0 Å². The summed E-state index contributed by atoms with van der Waals surface area (Å²) in [5.41, 5.74) is 4.35. The first-order valence-corrected chi connectivity index (χ1v) is 6.55. The Morgan fingerprint density at radius 3 is 3.00 bits per heavy atom. The highest BCUT2D eigenvalue weighted by atomic mass is 15.2. The van der Waals surface area contributed by atoms with Crippen molar-refractivity contribution in [2.75, 3.05) is 0 Å². The lowest BCUT2D eigenvalue weighted by Crippen LogP contribution is -2.29. The summed E-state index contributed by atoms with van der Waals surface area (Å²) in [4.78, 5) is 4.44. The van der Waals surface area contributed by atoms with E-state index in [9.17, 15) is 0 Å². The highest BCUT2D eigenvalue weighted by Crippen LogP contribution is 2.30. The summed E-state index contributed by atoms with van der Waals surface area (Å²) in [5.74, 6) is 0.988. The molecule has 5 rings (SSSR count). The summed E-state index contributed by atoms with van der Waals surface area (Å²) in [6.07, 6.45) is 3.70. The largest absolute Gasteiger partial charge is 0.305 e. The second kappa shape index (κ2) is 3.28. The molecule has 4 nitrogen and oxygen atoms in total. The van der Waals surface area contributed by atoms with Crippen molar-refractivity contribution in [3.05, 3.63) is 54.5 Å². The predicted octanol–water partition coefficient (Wildman–Crippen LogP) is 2.14. The lowest BCUT2D eigenvalue weighted by molar-refractivity contribution is -0.670. The van der Waals surface area contributed by atoms with E-state index in [-0.39, 0.29) is 0 Å². The van der Waals surface area contributed by atoms with Crippen molar-refractivity contribution in [2.24, 2.45) is 6.98 Å². The smallest absolute Gasteiger partial charge is 0.298 e. The van der Waals surface area contributed by atoms with E-state index in [4.69, 9.17) is 4.11 Å². The van der Waals surface area contributed by atoms with Crippen LogP contribution in [0.15, 0.2) is 48.8 Å². The fraction of sp³-hybridized carbons (Fsp3) is 0.125. The van der Waals surface area contributed by atoms with Crippen LogP contribution < -0.4 is 4.57 Å². The SMILES string of the molecule is [2H]C([2H])([2H])n1c2ccccc2n2c3[n+](cc12)Cc1ncccc1-3. The highest BCUT2D eigenvalue weighted by molar-refractivity contribution is 5.84. The van der Waals surface area contributed by atoms with E-state index in [0.717, 1.165) is 22.6 Å². The van der Waals surface area contributed by atoms with E-state index in [1.165, 1.54) is 4.57 Å². The molecule has 0 aliphatic carbocycles. The zero-order valence-corrected chi connectivity index (χ0v) is 10.6. The predicted molar refractivity (Wildman–Crippen MR) is 76.4 cm³/mol. The van der Waals surface area contributed by atoms with Gasteiger partial charge in [-0.05, 0) is 24.3 Å². The first kappa shape index (κ1) is 7.85. The van der Waals surface area contributed by atoms with Crippen LogP contribution in [0, 0.1) is 0 Å². The van der Waals surface area contributed by atoms with Gasteiger partial charge in [0.15, 0.2) is 11.7 Å². The van der Waals surface area contributed by atoms with Crippen LogP contribution in [0.25, 0.3) is 28.1 Å². The molecule has 1 aliphatic rings. The first-order chi connectivity index (χ1) is 11.1. The summed E-state index contributed by atoms with van der Waals surface area (Å²) in [7, 11) is 0. The lowest BCUT2D eigenvalue weighted by atomic mass is 10.2. The zero-order chi connectivity index (χ0) is 15.8. The third-order valence-electron chi connectivity index (χ3n) is 4.03. The minimum Gasteiger partial charge on any atom is -0.305 e. The van der Waals surface area contributed by atoms with Gasteiger partial charge in [0.05, 0.1) is 16.8 Å². The molecule has 1 aromatic carbocycles. The number of nitrogens with zero attached hydrogens (tertiary/aromatic N) is 4. The van der Waals surface area contributed by atoms with E-state index in [0.29, 0.717) is 17.7 Å². The summed E-state index contributed by atoms with van der Waals surface area (Å²) in [6, 6.07) is 11.6. The molecule has 0 atom stereocenters. The molecule has 0 saturated carbocycles. The Morgan fingerprint density at radius 1 is 1.20 bits per heavy atom. The van der Waals surface area contributed by atoms with Gasteiger partial charge < -0.3 is 4.57 Å². The molecular formula is C16H13N4+. The van der Waals surface area contributed by atoms with Crippen molar-refractivity contribution < 1.29 is 8.68 Å². The van der Waals surface area contributed by atoms with Crippen molar-refractivity contribution in [1.29, 1.82) is 0 Å². The van der Waals surface area contributed by atoms with Gasteiger partial charge in [-0.25, -0.2) is 4.57 Å². The van der Waals surface area contributed by atoms with Crippen LogP contribution in [0.4, 0.5) is 0 Å². The molecule has 4 aromatic rings. The Balaban J connectivity index is 2.00. The fourth-order valence-corrected chi connectivity index (χ4v) is 3.18. The van der Waals surface area contributed by atoms with Crippen LogP contribution in [-0.2, 0) is 13.5 Å². The molecule has 1 aliphatic heterocycles. The lowest BCUT2D eigenvalue weighted by Gasteiger charge is -1.92. The average Bonchev–Trinajstić information content (AvgIpc) is 3.11. The average molecular weight is 264 g/mol. The molecule has 0 spiro atoms. The molecule has 96 valence electrons. The number of para-hydroxylation sites is 2. The molecule has 3 aromatic heterocycles. The molecule has 0 amide bonds. The van der Waals surface area contributed by atoms with Crippen LogP contribution in [0.5, 0.6) is 0 Å². The van der Waals surface area contributed by atoms with Gasteiger partial charge in [-0.2, -0.15) is 4.40 Å². The Kier molecular flexibility index (Phi) is 1.29. The number of imidazole rings is 2. The van der Waals surface area contributed by atoms with Gasteiger partial charge in [0.2, 0.25) is 5.65 Å². The molecule has 0 fully saturated rings. The molecule has 20 heavy (non-hydrogen) atoms. The molecule has 0 radical (unpaired) electrons. The van der Waals surface area contributed by atoms with Gasteiger partial charge in [-0.3, -0.25) is 4.98 Å². The van der Waals surface area contributed by atoms with Crippen LogP contribution >= 0.6 is 0 Å². The maximum absolute atomic E-state index is 7.91. The Labute approximate surface area is 119 Å². The molecule has 0 unspecified atom stereocenters. The summed E-state index contributed by atoms with van der Waals surface area (Å²) in [6.45, 7) is -1.56. The standard InChI is InChI=1S/C16H13N4/c1-18-13-6-2-3-7-14(13)20-15(18)10-19-9-12-11(16(19)20)5-4-8-17-12/h2-8,10H,9H2,1H3/q+1/i1D3. The molecule has 0 N–H and O–H groups in total. The van der Waals surface area contributed by atoms with Gasteiger partial charge in [-0.1, -0.05) is 12.1 Å². The number of aryl methyl sites for hydroxylation is 1. The van der Waals surface area contributed by atoms with Crippen LogP contribution in [0.2, 0.25) is 0 Å².